The van der Waals surface area contributed by atoms with Gasteiger partial charge in [-0.15, -0.1) is 11.3 Å². The first-order chi connectivity index (χ1) is 14.6. The Balaban J connectivity index is 1.77. The summed E-state index contributed by atoms with van der Waals surface area (Å²) in [4.78, 5) is 24.1. The van der Waals surface area contributed by atoms with E-state index in [0.717, 1.165) is 23.6 Å². The zero-order chi connectivity index (χ0) is 22.8. The normalized spacial score (nSPS) is 13.8. The van der Waals surface area contributed by atoms with Gasteiger partial charge in [0, 0.05) is 18.9 Å². The number of aromatic nitrogens is 3. The number of carbonyl (C=O) groups excluding carboxylic acids is 1. The molecule has 3 aromatic heterocycles. The molecule has 8 nitrogen and oxygen atoms in total. The minimum absolute atomic E-state index is 0.0426. The molecule has 0 aliphatic heterocycles. The van der Waals surface area contributed by atoms with Crippen LogP contribution in [0.5, 0.6) is 0 Å². The Morgan fingerprint density at radius 3 is 2.65 bits per heavy atom. The molecule has 0 aliphatic carbocycles. The van der Waals surface area contributed by atoms with Crippen molar-refractivity contribution in [1.29, 1.82) is 0 Å². The SMILES string of the molecule is Cc1cc(-c2ccc(C(F)(F)F)cn2)[nH]c1C(=O)NC(CN)c1ncc(C(O)CO)s1. The molecule has 12 heteroatoms. The van der Waals surface area contributed by atoms with E-state index in [-0.39, 0.29) is 17.9 Å². The highest BCUT2D eigenvalue weighted by molar-refractivity contribution is 7.11. The standard InChI is InChI=1S/C19H20F3N5O3S/c1-9-4-12(11-3-2-10(6-24-11)19(20,21)22)26-16(9)17(30)27-13(5-23)18-25-7-15(31-18)14(29)8-28/h2-4,6-7,13-14,26,28-29H,5,8,23H2,1H3,(H,27,30). The Bertz CT molecular complexity index is 1050. The zero-order valence-electron chi connectivity index (χ0n) is 16.3. The Hall–Kier alpha value is -2.80. The lowest BCUT2D eigenvalue weighted by molar-refractivity contribution is -0.137. The summed E-state index contributed by atoms with van der Waals surface area (Å²) >= 11 is 1.12. The van der Waals surface area contributed by atoms with Crippen LogP contribution in [0.1, 0.15) is 43.6 Å². The van der Waals surface area contributed by atoms with Gasteiger partial charge in [-0.2, -0.15) is 13.2 Å². The molecular formula is C19H20F3N5O3S. The summed E-state index contributed by atoms with van der Waals surface area (Å²) in [5.41, 5.74) is 6.33. The van der Waals surface area contributed by atoms with Gasteiger partial charge in [-0.05, 0) is 30.7 Å². The van der Waals surface area contributed by atoms with Crippen molar-refractivity contribution in [3.05, 3.63) is 57.3 Å². The molecule has 3 aromatic rings. The number of aromatic amines is 1. The monoisotopic (exact) mass is 455 g/mol. The maximum atomic E-state index is 12.8. The quantitative estimate of drug-likeness (QED) is 0.371. The Kier molecular flexibility index (Phi) is 6.74. The molecule has 166 valence electrons. The third kappa shape index (κ3) is 5.10. The van der Waals surface area contributed by atoms with E-state index < -0.39 is 36.4 Å². The molecular weight excluding hydrogens is 435 g/mol. The predicted octanol–water partition coefficient (Wildman–Crippen LogP) is 2.32. The molecule has 0 saturated carbocycles. The fraction of sp³-hybridized carbons (Fsp3) is 0.316. The van der Waals surface area contributed by atoms with Gasteiger partial charge in [-0.1, -0.05) is 0 Å². The van der Waals surface area contributed by atoms with Crippen molar-refractivity contribution in [2.24, 2.45) is 5.73 Å². The first kappa shape index (κ1) is 22.9. The number of amides is 1. The van der Waals surface area contributed by atoms with E-state index in [1.807, 2.05) is 0 Å². The number of hydrogen-bond donors (Lipinski definition) is 5. The number of hydrogen-bond acceptors (Lipinski definition) is 7. The maximum Gasteiger partial charge on any atom is 0.417 e. The Morgan fingerprint density at radius 1 is 1.32 bits per heavy atom. The second-order valence-electron chi connectivity index (χ2n) is 6.73. The molecule has 0 aliphatic rings. The van der Waals surface area contributed by atoms with Crippen molar-refractivity contribution in [2.75, 3.05) is 13.2 Å². The smallest absolute Gasteiger partial charge is 0.393 e. The first-order valence-electron chi connectivity index (χ1n) is 9.12. The van der Waals surface area contributed by atoms with Crippen LogP contribution in [0.3, 0.4) is 0 Å². The van der Waals surface area contributed by atoms with Crippen LogP contribution < -0.4 is 11.1 Å². The van der Waals surface area contributed by atoms with Gasteiger partial charge in [0.15, 0.2) is 0 Å². The molecule has 31 heavy (non-hydrogen) atoms. The molecule has 0 saturated heterocycles. The van der Waals surface area contributed by atoms with Crippen LogP contribution in [-0.4, -0.2) is 44.2 Å². The second-order valence-corrected chi connectivity index (χ2v) is 7.83. The summed E-state index contributed by atoms with van der Waals surface area (Å²) in [5.74, 6) is -0.481. The van der Waals surface area contributed by atoms with Gasteiger partial charge in [0.25, 0.3) is 5.91 Å². The van der Waals surface area contributed by atoms with E-state index in [1.165, 1.54) is 12.3 Å². The molecule has 0 bridgehead atoms. The topological polar surface area (TPSA) is 137 Å². The van der Waals surface area contributed by atoms with Crippen molar-refractivity contribution < 1.29 is 28.2 Å². The highest BCUT2D eigenvalue weighted by Gasteiger charge is 2.31. The van der Waals surface area contributed by atoms with Crippen molar-refractivity contribution in [3.63, 3.8) is 0 Å². The van der Waals surface area contributed by atoms with Crippen LogP contribution in [-0.2, 0) is 6.18 Å². The number of rotatable bonds is 7. The molecule has 2 atom stereocenters. The fourth-order valence-electron chi connectivity index (χ4n) is 2.81. The number of halogens is 3. The molecule has 0 spiro atoms. The van der Waals surface area contributed by atoms with E-state index in [9.17, 15) is 23.1 Å². The molecule has 3 rings (SSSR count). The summed E-state index contributed by atoms with van der Waals surface area (Å²) in [7, 11) is 0. The van der Waals surface area contributed by atoms with Crippen LogP contribution in [0.15, 0.2) is 30.6 Å². The Labute approximate surface area is 179 Å². The van der Waals surface area contributed by atoms with Crippen LogP contribution in [0.25, 0.3) is 11.4 Å². The Morgan fingerprint density at radius 2 is 2.06 bits per heavy atom. The number of nitrogens with one attached hydrogen (secondary N) is 2. The summed E-state index contributed by atoms with van der Waals surface area (Å²) in [5, 5.41) is 21.9. The van der Waals surface area contributed by atoms with E-state index >= 15 is 0 Å². The number of nitrogens with two attached hydrogens (primary N) is 1. The van der Waals surface area contributed by atoms with Crippen LogP contribution in [0.2, 0.25) is 0 Å². The minimum atomic E-state index is -4.48. The van der Waals surface area contributed by atoms with Gasteiger partial charge in [-0.3, -0.25) is 9.78 Å². The minimum Gasteiger partial charge on any atom is -0.393 e. The zero-order valence-corrected chi connectivity index (χ0v) is 17.1. The van der Waals surface area contributed by atoms with Gasteiger partial charge < -0.3 is 26.2 Å². The van der Waals surface area contributed by atoms with Gasteiger partial charge in [0.05, 0.1) is 34.5 Å². The molecule has 0 radical (unpaired) electrons. The molecule has 6 N–H and O–H groups in total. The average Bonchev–Trinajstić information content (AvgIpc) is 3.38. The number of carbonyl (C=O) groups is 1. The van der Waals surface area contributed by atoms with Gasteiger partial charge in [-0.25, -0.2) is 4.98 Å². The third-order valence-electron chi connectivity index (χ3n) is 4.49. The fourth-order valence-corrected chi connectivity index (χ4v) is 3.77. The number of alkyl halides is 3. The number of aliphatic hydroxyl groups is 2. The molecule has 0 aromatic carbocycles. The average molecular weight is 455 g/mol. The number of aryl methyl sites for hydroxylation is 1. The summed E-state index contributed by atoms with van der Waals surface area (Å²) in [6.07, 6.45) is -3.41. The number of nitrogens with zero attached hydrogens (tertiary/aromatic N) is 2. The van der Waals surface area contributed by atoms with Crippen molar-refractivity contribution in [2.45, 2.75) is 25.2 Å². The molecule has 1 amide bonds. The maximum absolute atomic E-state index is 12.8. The summed E-state index contributed by atoms with van der Waals surface area (Å²) < 4.78 is 38.1. The number of aliphatic hydroxyl groups excluding tert-OH is 2. The molecule has 3 heterocycles. The van der Waals surface area contributed by atoms with Crippen LogP contribution in [0.4, 0.5) is 13.2 Å². The molecule has 0 fully saturated rings. The van der Waals surface area contributed by atoms with Crippen LogP contribution >= 0.6 is 11.3 Å². The highest BCUT2D eigenvalue weighted by Crippen LogP contribution is 2.30. The lowest BCUT2D eigenvalue weighted by atomic mass is 10.2. The summed E-state index contributed by atoms with van der Waals surface area (Å²) in [6, 6.07) is 3.12. The van der Waals surface area contributed by atoms with Gasteiger partial charge in [0.1, 0.15) is 16.8 Å². The second kappa shape index (κ2) is 9.14. The largest absolute Gasteiger partial charge is 0.417 e. The van der Waals surface area contributed by atoms with E-state index in [0.29, 0.717) is 21.1 Å². The van der Waals surface area contributed by atoms with Crippen molar-refractivity contribution in [3.8, 4) is 11.4 Å². The van der Waals surface area contributed by atoms with E-state index in [1.54, 1.807) is 13.0 Å². The lowest BCUT2D eigenvalue weighted by Gasteiger charge is -2.14. The summed E-state index contributed by atoms with van der Waals surface area (Å²) in [6.45, 7) is 1.26. The van der Waals surface area contributed by atoms with Crippen LogP contribution in [0, 0.1) is 6.92 Å². The number of pyridine rings is 1. The lowest BCUT2D eigenvalue weighted by Crippen LogP contribution is -2.33. The van der Waals surface area contributed by atoms with Gasteiger partial charge >= 0.3 is 6.18 Å². The number of thiazole rings is 1. The van der Waals surface area contributed by atoms with Crippen molar-refractivity contribution >= 4 is 17.2 Å². The molecule has 2 unspecified atom stereocenters. The van der Waals surface area contributed by atoms with E-state index in [4.69, 9.17) is 10.8 Å². The predicted molar refractivity (Wildman–Crippen MR) is 107 cm³/mol. The first-order valence-corrected chi connectivity index (χ1v) is 9.94. The van der Waals surface area contributed by atoms with E-state index in [2.05, 4.69) is 20.3 Å². The highest BCUT2D eigenvalue weighted by atomic mass is 32.1. The van der Waals surface area contributed by atoms with Crippen molar-refractivity contribution in [1.82, 2.24) is 20.3 Å². The third-order valence-corrected chi connectivity index (χ3v) is 5.70. The number of H-pyrrole nitrogens is 1. The van der Waals surface area contributed by atoms with Gasteiger partial charge in [0.2, 0.25) is 0 Å².